The van der Waals surface area contributed by atoms with Crippen LogP contribution < -0.4 is 9.47 Å². The van der Waals surface area contributed by atoms with Gasteiger partial charge in [-0.3, -0.25) is 4.79 Å². The highest BCUT2D eigenvalue weighted by atomic mass is 16.5. The molecule has 0 aromatic heterocycles. The van der Waals surface area contributed by atoms with E-state index in [1.54, 1.807) is 7.11 Å². The van der Waals surface area contributed by atoms with Gasteiger partial charge in [0.05, 0.1) is 20.1 Å². The Morgan fingerprint density at radius 1 is 1.41 bits per heavy atom. The van der Waals surface area contributed by atoms with E-state index in [1.165, 1.54) is 0 Å². The first-order valence-corrected chi connectivity index (χ1v) is 5.52. The van der Waals surface area contributed by atoms with Crippen LogP contribution in [-0.2, 0) is 4.79 Å². The molecule has 94 valence electrons. The highest BCUT2D eigenvalue weighted by molar-refractivity contribution is 5.66. The maximum Gasteiger partial charge on any atom is 0.303 e. The molecule has 0 spiro atoms. The largest absolute Gasteiger partial charge is 0.493 e. The summed E-state index contributed by atoms with van der Waals surface area (Å²) in [5.41, 5.74) is 1.09. The molecule has 17 heavy (non-hydrogen) atoms. The molecule has 0 aliphatic carbocycles. The van der Waals surface area contributed by atoms with E-state index in [2.05, 4.69) is 0 Å². The van der Waals surface area contributed by atoms with E-state index >= 15 is 0 Å². The molecule has 4 nitrogen and oxygen atoms in total. The van der Waals surface area contributed by atoms with E-state index in [4.69, 9.17) is 14.6 Å². The lowest BCUT2D eigenvalue weighted by Gasteiger charge is -2.14. The first kappa shape index (κ1) is 13.4. The minimum atomic E-state index is -0.808. The second-order valence-electron chi connectivity index (χ2n) is 4.17. The molecule has 1 aromatic carbocycles. The third-order valence-corrected chi connectivity index (χ3v) is 2.37. The number of methoxy groups -OCH3 is 1. The van der Waals surface area contributed by atoms with E-state index in [-0.39, 0.29) is 12.3 Å². The monoisotopic (exact) mass is 238 g/mol. The molecule has 1 atom stereocenters. The minimum absolute atomic E-state index is 0.0292. The van der Waals surface area contributed by atoms with E-state index in [9.17, 15) is 4.79 Å². The quantitative estimate of drug-likeness (QED) is 0.827. The normalized spacial score (nSPS) is 11.9. The van der Waals surface area contributed by atoms with Crippen molar-refractivity contribution in [2.45, 2.75) is 20.3 Å². The number of carboxylic acid groups (broad SMARTS) is 1. The molecule has 0 saturated carbocycles. The number of carbonyl (C=O) groups is 1. The molecule has 0 aliphatic rings. The lowest BCUT2D eigenvalue weighted by Crippen LogP contribution is -2.13. The summed E-state index contributed by atoms with van der Waals surface area (Å²) in [6, 6.07) is 5.65. The van der Waals surface area contributed by atoms with Gasteiger partial charge in [0, 0.05) is 5.92 Å². The number of rotatable bonds is 6. The summed E-state index contributed by atoms with van der Waals surface area (Å²) < 4.78 is 10.8. The molecule has 0 bridgehead atoms. The zero-order chi connectivity index (χ0) is 12.8. The van der Waals surface area contributed by atoms with Gasteiger partial charge in [-0.1, -0.05) is 13.0 Å². The van der Waals surface area contributed by atoms with Crippen LogP contribution in [0.25, 0.3) is 0 Å². The summed E-state index contributed by atoms with van der Waals surface area (Å²) in [6.07, 6.45) is 0.105. The third-order valence-electron chi connectivity index (χ3n) is 2.37. The molecule has 0 fully saturated rings. The summed E-state index contributed by atoms with van der Waals surface area (Å²) >= 11 is 0. The van der Waals surface area contributed by atoms with Gasteiger partial charge in [0.25, 0.3) is 0 Å². The number of ether oxygens (including phenoxy) is 2. The maximum atomic E-state index is 10.5. The predicted octanol–water partition coefficient (Wildman–Crippen LogP) is 2.49. The van der Waals surface area contributed by atoms with Crippen LogP contribution in [0.3, 0.4) is 0 Å². The fourth-order valence-corrected chi connectivity index (χ4v) is 1.48. The van der Waals surface area contributed by atoms with Crippen molar-refractivity contribution < 1.29 is 19.4 Å². The Kier molecular flexibility index (Phi) is 4.82. The van der Waals surface area contributed by atoms with Crippen LogP contribution in [0, 0.1) is 12.8 Å². The lowest BCUT2D eigenvalue weighted by molar-refractivity contribution is -0.138. The van der Waals surface area contributed by atoms with Gasteiger partial charge in [0.2, 0.25) is 0 Å². The Labute approximate surface area is 101 Å². The molecule has 1 aromatic rings. The Bertz CT molecular complexity index is 387. The van der Waals surface area contributed by atoms with Crippen LogP contribution in [0.15, 0.2) is 18.2 Å². The molecule has 1 N–H and O–H groups in total. The molecule has 0 saturated heterocycles. The number of aliphatic carboxylic acids is 1. The summed E-state index contributed by atoms with van der Waals surface area (Å²) in [5, 5.41) is 8.64. The Balaban J connectivity index is 2.59. The number of carboxylic acids is 1. The van der Waals surface area contributed by atoms with E-state index in [1.807, 2.05) is 32.0 Å². The molecule has 1 unspecified atom stereocenters. The minimum Gasteiger partial charge on any atom is -0.493 e. The van der Waals surface area contributed by atoms with E-state index in [0.29, 0.717) is 18.1 Å². The highest BCUT2D eigenvalue weighted by Crippen LogP contribution is 2.28. The maximum absolute atomic E-state index is 10.5. The second-order valence-corrected chi connectivity index (χ2v) is 4.17. The molecule has 0 amide bonds. The molecule has 4 heteroatoms. The fraction of sp³-hybridized carbons (Fsp3) is 0.462. The van der Waals surface area contributed by atoms with Crippen LogP contribution in [0.2, 0.25) is 0 Å². The van der Waals surface area contributed by atoms with Crippen molar-refractivity contribution in [1.29, 1.82) is 0 Å². The zero-order valence-electron chi connectivity index (χ0n) is 10.4. The Morgan fingerprint density at radius 3 is 2.71 bits per heavy atom. The molecule has 0 radical (unpaired) electrons. The Morgan fingerprint density at radius 2 is 2.12 bits per heavy atom. The summed E-state index contributed by atoms with van der Waals surface area (Å²) in [4.78, 5) is 10.5. The van der Waals surface area contributed by atoms with Crippen molar-refractivity contribution in [3.63, 3.8) is 0 Å². The molecular weight excluding hydrogens is 220 g/mol. The second kappa shape index (κ2) is 6.13. The number of benzene rings is 1. The Hall–Kier alpha value is -1.71. The zero-order valence-corrected chi connectivity index (χ0v) is 10.4. The van der Waals surface area contributed by atoms with Crippen LogP contribution >= 0.6 is 0 Å². The molecule has 0 heterocycles. The standard InChI is InChI=1S/C13H18O4/c1-9-4-5-11(12(6-9)16-3)17-8-10(2)7-13(14)15/h4-6,10H,7-8H2,1-3H3,(H,14,15). The topological polar surface area (TPSA) is 55.8 Å². The number of hydrogen-bond acceptors (Lipinski definition) is 3. The predicted molar refractivity (Wildman–Crippen MR) is 64.6 cm³/mol. The van der Waals surface area contributed by atoms with Gasteiger partial charge in [0.15, 0.2) is 11.5 Å². The SMILES string of the molecule is COc1cc(C)ccc1OCC(C)CC(=O)O. The first-order valence-electron chi connectivity index (χ1n) is 5.52. The van der Waals surface area contributed by atoms with Crippen molar-refractivity contribution in [3.05, 3.63) is 23.8 Å². The number of aryl methyl sites for hydroxylation is 1. The van der Waals surface area contributed by atoms with Gasteiger partial charge in [-0.15, -0.1) is 0 Å². The smallest absolute Gasteiger partial charge is 0.303 e. The van der Waals surface area contributed by atoms with Gasteiger partial charge in [0.1, 0.15) is 0 Å². The fourth-order valence-electron chi connectivity index (χ4n) is 1.48. The van der Waals surface area contributed by atoms with Crippen molar-refractivity contribution in [3.8, 4) is 11.5 Å². The average molecular weight is 238 g/mol. The van der Waals surface area contributed by atoms with Gasteiger partial charge in [-0.2, -0.15) is 0 Å². The van der Waals surface area contributed by atoms with Crippen molar-refractivity contribution in [1.82, 2.24) is 0 Å². The van der Waals surface area contributed by atoms with E-state index in [0.717, 1.165) is 5.56 Å². The van der Waals surface area contributed by atoms with Crippen LogP contribution in [0.4, 0.5) is 0 Å². The molecule has 1 rings (SSSR count). The van der Waals surface area contributed by atoms with Gasteiger partial charge in [-0.25, -0.2) is 0 Å². The van der Waals surface area contributed by atoms with Crippen LogP contribution in [0.1, 0.15) is 18.9 Å². The summed E-state index contributed by atoms with van der Waals surface area (Å²) in [5.74, 6) is 0.485. The highest BCUT2D eigenvalue weighted by Gasteiger charge is 2.10. The molecule has 0 aliphatic heterocycles. The van der Waals surface area contributed by atoms with E-state index < -0.39 is 5.97 Å². The molecular formula is C13H18O4. The third kappa shape index (κ3) is 4.34. The summed E-state index contributed by atoms with van der Waals surface area (Å²) in [7, 11) is 1.59. The first-order chi connectivity index (χ1) is 8.02. The lowest BCUT2D eigenvalue weighted by atomic mass is 10.1. The van der Waals surface area contributed by atoms with Gasteiger partial charge >= 0.3 is 5.97 Å². The van der Waals surface area contributed by atoms with Crippen molar-refractivity contribution in [2.24, 2.45) is 5.92 Å². The van der Waals surface area contributed by atoms with Gasteiger partial charge < -0.3 is 14.6 Å². The van der Waals surface area contributed by atoms with Gasteiger partial charge in [-0.05, 0) is 24.6 Å². The number of hydrogen-bond donors (Lipinski definition) is 1. The van der Waals surface area contributed by atoms with Crippen LogP contribution in [-0.4, -0.2) is 24.8 Å². The van der Waals surface area contributed by atoms with Crippen molar-refractivity contribution >= 4 is 5.97 Å². The van der Waals surface area contributed by atoms with Crippen molar-refractivity contribution in [2.75, 3.05) is 13.7 Å². The van der Waals surface area contributed by atoms with Crippen LogP contribution in [0.5, 0.6) is 11.5 Å². The summed E-state index contributed by atoms with van der Waals surface area (Å²) in [6.45, 7) is 4.18. The average Bonchev–Trinajstić information content (AvgIpc) is 2.26.